The predicted molar refractivity (Wildman–Crippen MR) is 122 cm³/mol. The predicted octanol–water partition coefficient (Wildman–Crippen LogP) is 5.14. The molecule has 1 N–H and O–H groups in total. The van der Waals surface area contributed by atoms with Gasteiger partial charge < -0.3 is 15.1 Å². The molecule has 2 saturated heterocycles. The molecule has 2 fully saturated rings. The molecule has 0 saturated carbocycles. The number of fused-ring (bicyclic) bond motifs is 1. The summed E-state index contributed by atoms with van der Waals surface area (Å²) < 4.78 is 1.12. The number of hydrogen-bond acceptors (Lipinski definition) is 6. The van der Waals surface area contributed by atoms with Crippen LogP contribution in [0.3, 0.4) is 0 Å². The second-order valence-corrected chi connectivity index (χ2v) is 9.27. The highest BCUT2D eigenvalue weighted by molar-refractivity contribution is 7.17. The Morgan fingerprint density at radius 1 is 0.966 bits per heavy atom. The Morgan fingerprint density at radius 2 is 1.76 bits per heavy atom. The van der Waals surface area contributed by atoms with Crippen LogP contribution in [0.15, 0.2) is 41.9 Å². The van der Waals surface area contributed by atoms with Crippen molar-refractivity contribution < 1.29 is 0 Å². The van der Waals surface area contributed by atoms with Gasteiger partial charge in [0.1, 0.15) is 0 Å². The standard InChI is InChI=1S/C23H29N5S/c1-2-11-27(12-3-1)17-18-8-13-28(14-9-18)20-6-4-19(5-7-20)25-23-24-16-22-21(26-23)10-15-29-22/h4-7,10,15-16,18H,1-3,8-9,11-14,17H2,(H,24,25,26). The highest BCUT2D eigenvalue weighted by Gasteiger charge is 2.22. The first-order chi connectivity index (χ1) is 14.3. The van der Waals surface area contributed by atoms with Crippen molar-refractivity contribution in [2.45, 2.75) is 32.1 Å². The zero-order chi connectivity index (χ0) is 19.5. The molecular formula is C23H29N5S. The lowest BCUT2D eigenvalue weighted by Gasteiger charge is -2.37. The fraction of sp³-hybridized carbons (Fsp3) is 0.478. The summed E-state index contributed by atoms with van der Waals surface area (Å²) in [5, 5.41) is 5.38. The first-order valence-electron chi connectivity index (χ1n) is 10.9. The number of piperidine rings is 2. The average Bonchev–Trinajstić information content (AvgIpc) is 3.24. The summed E-state index contributed by atoms with van der Waals surface area (Å²) >= 11 is 1.67. The molecule has 0 aliphatic carbocycles. The van der Waals surface area contributed by atoms with Crippen molar-refractivity contribution in [2.24, 2.45) is 5.92 Å². The van der Waals surface area contributed by atoms with Gasteiger partial charge >= 0.3 is 0 Å². The van der Waals surface area contributed by atoms with Crippen LogP contribution in [0.1, 0.15) is 32.1 Å². The third-order valence-corrected chi connectivity index (χ3v) is 7.11. The summed E-state index contributed by atoms with van der Waals surface area (Å²) in [7, 11) is 0. The Morgan fingerprint density at radius 3 is 2.55 bits per heavy atom. The molecule has 4 heterocycles. The summed E-state index contributed by atoms with van der Waals surface area (Å²) in [6.07, 6.45) is 8.72. The van der Waals surface area contributed by atoms with Crippen LogP contribution in [0.25, 0.3) is 10.2 Å². The van der Waals surface area contributed by atoms with Gasteiger partial charge in [0.05, 0.1) is 16.4 Å². The maximum Gasteiger partial charge on any atom is 0.227 e. The highest BCUT2D eigenvalue weighted by Crippen LogP contribution is 2.27. The summed E-state index contributed by atoms with van der Waals surface area (Å²) in [5.74, 6) is 1.52. The molecule has 1 aromatic carbocycles. The van der Waals surface area contributed by atoms with Crippen LogP contribution in [0.2, 0.25) is 0 Å². The summed E-state index contributed by atoms with van der Waals surface area (Å²) in [6, 6.07) is 10.7. The normalized spacial score (nSPS) is 19.0. The quantitative estimate of drug-likeness (QED) is 0.635. The molecule has 3 aromatic rings. The number of anilines is 3. The smallest absolute Gasteiger partial charge is 0.227 e. The van der Waals surface area contributed by atoms with Crippen molar-refractivity contribution in [3.05, 3.63) is 41.9 Å². The van der Waals surface area contributed by atoms with Crippen LogP contribution >= 0.6 is 11.3 Å². The van der Waals surface area contributed by atoms with Gasteiger partial charge in [0, 0.05) is 31.0 Å². The number of rotatable bonds is 5. The lowest BCUT2D eigenvalue weighted by Crippen LogP contribution is -2.40. The lowest BCUT2D eigenvalue weighted by molar-refractivity contribution is 0.181. The number of likely N-dealkylation sites (tertiary alicyclic amines) is 1. The molecule has 2 aromatic heterocycles. The zero-order valence-corrected chi connectivity index (χ0v) is 17.7. The molecule has 0 unspecified atom stereocenters. The second-order valence-electron chi connectivity index (χ2n) is 8.33. The third kappa shape index (κ3) is 4.54. The number of thiophene rings is 1. The van der Waals surface area contributed by atoms with Crippen LogP contribution in [-0.4, -0.2) is 47.6 Å². The van der Waals surface area contributed by atoms with Gasteiger partial charge in [0.2, 0.25) is 5.95 Å². The van der Waals surface area contributed by atoms with Crippen molar-refractivity contribution >= 4 is 38.9 Å². The minimum absolute atomic E-state index is 0.655. The van der Waals surface area contributed by atoms with E-state index >= 15 is 0 Å². The number of nitrogens with zero attached hydrogens (tertiary/aromatic N) is 4. The first-order valence-corrected chi connectivity index (χ1v) is 11.8. The van der Waals surface area contributed by atoms with E-state index in [1.54, 1.807) is 11.3 Å². The second kappa shape index (κ2) is 8.67. The Labute approximate surface area is 176 Å². The van der Waals surface area contributed by atoms with Gasteiger partial charge in [0.15, 0.2) is 0 Å². The van der Waals surface area contributed by atoms with E-state index < -0.39 is 0 Å². The van der Waals surface area contributed by atoms with E-state index in [9.17, 15) is 0 Å². The SMILES string of the molecule is c1cc2nc(Nc3ccc(N4CCC(CN5CCCCC5)CC4)cc3)ncc2s1. The molecule has 0 radical (unpaired) electrons. The third-order valence-electron chi connectivity index (χ3n) is 6.27. The molecule has 2 aliphatic heterocycles. The summed E-state index contributed by atoms with van der Waals surface area (Å²) in [5.41, 5.74) is 3.35. The molecule has 152 valence electrons. The van der Waals surface area contributed by atoms with Crippen molar-refractivity contribution in [1.29, 1.82) is 0 Å². The molecule has 5 rings (SSSR count). The van der Waals surface area contributed by atoms with Gasteiger partial charge in [-0.15, -0.1) is 11.3 Å². The van der Waals surface area contributed by atoms with Crippen LogP contribution in [-0.2, 0) is 0 Å². The maximum absolute atomic E-state index is 4.57. The van der Waals surface area contributed by atoms with E-state index in [0.717, 1.165) is 21.8 Å². The Kier molecular flexibility index (Phi) is 5.63. The largest absolute Gasteiger partial charge is 0.372 e. The van der Waals surface area contributed by atoms with E-state index in [4.69, 9.17) is 0 Å². The molecule has 2 aliphatic rings. The summed E-state index contributed by atoms with van der Waals surface area (Å²) in [6.45, 7) is 6.28. The molecule has 5 nitrogen and oxygen atoms in total. The molecule has 0 bridgehead atoms. The number of benzene rings is 1. The van der Waals surface area contributed by atoms with Crippen molar-refractivity contribution in [2.75, 3.05) is 42.9 Å². The van der Waals surface area contributed by atoms with E-state index in [1.807, 2.05) is 17.6 Å². The van der Waals surface area contributed by atoms with Gasteiger partial charge in [-0.1, -0.05) is 6.42 Å². The minimum atomic E-state index is 0.655. The Bertz CT molecular complexity index is 924. The maximum atomic E-state index is 4.57. The van der Waals surface area contributed by atoms with E-state index in [-0.39, 0.29) is 0 Å². The fourth-order valence-electron chi connectivity index (χ4n) is 4.59. The van der Waals surface area contributed by atoms with Crippen molar-refractivity contribution in [3.8, 4) is 0 Å². The monoisotopic (exact) mass is 407 g/mol. The number of aromatic nitrogens is 2. The van der Waals surface area contributed by atoms with Crippen molar-refractivity contribution in [3.63, 3.8) is 0 Å². The molecule has 0 spiro atoms. The molecule has 29 heavy (non-hydrogen) atoms. The molecular weight excluding hydrogens is 378 g/mol. The summed E-state index contributed by atoms with van der Waals surface area (Å²) in [4.78, 5) is 14.2. The van der Waals surface area contributed by atoms with Gasteiger partial charge in [-0.25, -0.2) is 9.97 Å². The van der Waals surface area contributed by atoms with Gasteiger partial charge in [0.25, 0.3) is 0 Å². The number of nitrogens with one attached hydrogen (secondary N) is 1. The van der Waals surface area contributed by atoms with Gasteiger partial charge in [-0.05, 0) is 80.4 Å². The van der Waals surface area contributed by atoms with Crippen LogP contribution in [0.5, 0.6) is 0 Å². The zero-order valence-electron chi connectivity index (χ0n) is 16.9. The topological polar surface area (TPSA) is 44.3 Å². The minimum Gasteiger partial charge on any atom is -0.372 e. The van der Waals surface area contributed by atoms with Gasteiger partial charge in [-0.2, -0.15) is 0 Å². The first kappa shape index (κ1) is 18.8. The lowest BCUT2D eigenvalue weighted by atomic mass is 9.95. The average molecular weight is 408 g/mol. The van der Waals surface area contributed by atoms with Crippen LogP contribution < -0.4 is 10.2 Å². The van der Waals surface area contributed by atoms with Crippen molar-refractivity contribution in [1.82, 2.24) is 14.9 Å². The molecule has 0 atom stereocenters. The fourth-order valence-corrected chi connectivity index (χ4v) is 5.28. The Hall–Kier alpha value is -2.18. The molecule has 0 amide bonds. The number of hydrogen-bond donors (Lipinski definition) is 1. The van der Waals surface area contributed by atoms with Crippen LogP contribution in [0.4, 0.5) is 17.3 Å². The van der Waals surface area contributed by atoms with Crippen LogP contribution in [0, 0.1) is 5.92 Å². The van der Waals surface area contributed by atoms with E-state index in [1.165, 1.54) is 70.5 Å². The molecule has 6 heteroatoms. The Balaban J connectivity index is 1.15. The van der Waals surface area contributed by atoms with E-state index in [0.29, 0.717) is 5.95 Å². The highest BCUT2D eigenvalue weighted by atomic mass is 32.1. The van der Waals surface area contributed by atoms with E-state index in [2.05, 4.69) is 49.4 Å². The van der Waals surface area contributed by atoms with Gasteiger partial charge in [-0.3, -0.25) is 0 Å².